The molecule has 0 heterocycles. The van der Waals surface area contributed by atoms with Crippen LogP contribution in [0, 0.1) is 13.8 Å². The van der Waals surface area contributed by atoms with Gasteiger partial charge in [-0.15, -0.1) is 0 Å². The molecule has 2 N–H and O–H groups in total. The first kappa shape index (κ1) is 15.2. The lowest BCUT2D eigenvalue weighted by Gasteiger charge is -2.19. The van der Waals surface area contributed by atoms with Crippen molar-refractivity contribution in [3.63, 3.8) is 0 Å². The van der Waals surface area contributed by atoms with E-state index in [9.17, 15) is 9.59 Å². The lowest BCUT2D eigenvalue weighted by Crippen LogP contribution is -2.38. The number of aryl methyl sites for hydroxylation is 2. The van der Waals surface area contributed by atoms with E-state index >= 15 is 0 Å². The summed E-state index contributed by atoms with van der Waals surface area (Å²) in [7, 11) is 3.28. The van der Waals surface area contributed by atoms with Gasteiger partial charge in [-0.2, -0.15) is 0 Å². The Morgan fingerprint density at radius 1 is 1.21 bits per heavy atom. The maximum atomic E-state index is 11.9. The molecular formula is C14H20N2O3. The van der Waals surface area contributed by atoms with E-state index in [1.54, 1.807) is 14.1 Å². The molecular weight excluding hydrogens is 244 g/mol. The molecule has 0 bridgehead atoms. The Hall–Kier alpha value is -1.88. The Bertz CT molecular complexity index is 463. The van der Waals surface area contributed by atoms with Crippen molar-refractivity contribution in [1.29, 1.82) is 0 Å². The number of nitrogens with zero attached hydrogens (tertiary/aromatic N) is 1. The Balaban J connectivity index is 2.71. The van der Waals surface area contributed by atoms with Crippen LogP contribution in [0.2, 0.25) is 0 Å². The van der Waals surface area contributed by atoms with Gasteiger partial charge in [0, 0.05) is 5.69 Å². The molecule has 1 unspecified atom stereocenters. The van der Waals surface area contributed by atoms with Crippen LogP contribution in [0.1, 0.15) is 17.5 Å². The summed E-state index contributed by atoms with van der Waals surface area (Å²) < 4.78 is 0. The molecule has 1 aromatic rings. The number of likely N-dealkylation sites (N-methyl/N-ethyl adjacent to an activating group) is 1. The average molecular weight is 264 g/mol. The second kappa shape index (κ2) is 6.33. The molecule has 1 atom stereocenters. The molecule has 19 heavy (non-hydrogen) atoms. The van der Waals surface area contributed by atoms with Crippen LogP contribution in [-0.4, -0.2) is 42.0 Å². The van der Waals surface area contributed by atoms with Crippen LogP contribution in [0.25, 0.3) is 0 Å². The van der Waals surface area contributed by atoms with Gasteiger partial charge >= 0.3 is 5.97 Å². The van der Waals surface area contributed by atoms with Crippen molar-refractivity contribution >= 4 is 17.6 Å². The fraction of sp³-hybridized carbons (Fsp3) is 0.429. The van der Waals surface area contributed by atoms with Crippen molar-refractivity contribution in [1.82, 2.24) is 4.90 Å². The highest BCUT2D eigenvalue weighted by Crippen LogP contribution is 2.14. The van der Waals surface area contributed by atoms with E-state index in [4.69, 9.17) is 5.11 Å². The number of anilines is 1. The molecule has 5 heteroatoms. The molecule has 0 spiro atoms. The number of benzene rings is 1. The monoisotopic (exact) mass is 264 g/mol. The van der Waals surface area contributed by atoms with Gasteiger partial charge in [0.1, 0.15) is 6.04 Å². The predicted molar refractivity (Wildman–Crippen MR) is 74.3 cm³/mol. The molecule has 0 fully saturated rings. The summed E-state index contributed by atoms with van der Waals surface area (Å²) in [4.78, 5) is 24.4. The van der Waals surface area contributed by atoms with Crippen LogP contribution in [0.15, 0.2) is 18.2 Å². The van der Waals surface area contributed by atoms with Crippen molar-refractivity contribution in [2.75, 3.05) is 19.4 Å². The number of carbonyl (C=O) groups is 2. The number of amides is 1. The largest absolute Gasteiger partial charge is 0.480 e. The fourth-order valence-electron chi connectivity index (χ4n) is 1.93. The first-order valence-corrected chi connectivity index (χ1v) is 6.07. The number of hydrogen-bond donors (Lipinski definition) is 2. The van der Waals surface area contributed by atoms with Crippen molar-refractivity contribution in [3.8, 4) is 0 Å². The highest BCUT2D eigenvalue weighted by atomic mass is 16.4. The molecule has 0 aliphatic heterocycles. The molecule has 1 rings (SSSR count). The van der Waals surface area contributed by atoms with E-state index in [-0.39, 0.29) is 12.3 Å². The highest BCUT2D eigenvalue weighted by Gasteiger charge is 2.23. The molecule has 0 saturated carbocycles. The number of hydrogen-bond acceptors (Lipinski definition) is 3. The maximum absolute atomic E-state index is 11.9. The molecule has 0 radical (unpaired) electrons. The Kier molecular flexibility index (Phi) is 5.06. The van der Waals surface area contributed by atoms with E-state index in [0.29, 0.717) is 5.69 Å². The summed E-state index contributed by atoms with van der Waals surface area (Å²) in [6.07, 6.45) is -0.0741. The summed E-state index contributed by atoms with van der Waals surface area (Å²) in [5.41, 5.74) is 2.81. The van der Waals surface area contributed by atoms with Crippen molar-refractivity contribution in [2.24, 2.45) is 0 Å². The maximum Gasteiger partial charge on any atom is 0.321 e. The van der Waals surface area contributed by atoms with Crippen LogP contribution in [-0.2, 0) is 9.59 Å². The Labute approximate surface area is 113 Å². The topological polar surface area (TPSA) is 69.6 Å². The summed E-state index contributed by atoms with van der Waals surface area (Å²) in [6, 6.07) is 4.91. The molecule has 0 aromatic heterocycles. The van der Waals surface area contributed by atoms with E-state index in [1.165, 1.54) is 4.90 Å². The van der Waals surface area contributed by atoms with E-state index < -0.39 is 12.0 Å². The zero-order valence-corrected chi connectivity index (χ0v) is 11.7. The predicted octanol–water partition coefficient (Wildman–Crippen LogP) is 1.65. The second-order valence-electron chi connectivity index (χ2n) is 4.95. The standard InChI is InChI=1S/C14H20N2O3/c1-9-5-10(2)7-11(6-9)15-13(17)8-12(14(18)19)16(3)4/h5-7,12H,8H2,1-4H3,(H,15,17)(H,18,19). The molecule has 1 amide bonds. The number of aliphatic carboxylic acids is 1. The summed E-state index contributed by atoms with van der Waals surface area (Å²) in [5, 5.41) is 11.8. The van der Waals surface area contributed by atoms with Crippen molar-refractivity contribution in [2.45, 2.75) is 26.3 Å². The van der Waals surface area contributed by atoms with Gasteiger partial charge in [0.25, 0.3) is 0 Å². The molecule has 0 aliphatic carbocycles. The minimum absolute atomic E-state index is 0.0741. The van der Waals surface area contributed by atoms with Gasteiger partial charge in [0.2, 0.25) is 5.91 Å². The molecule has 0 aliphatic rings. The average Bonchev–Trinajstić information content (AvgIpc) is 2.23. The zero-order chi connectivity index (χ0) is 14.6. The lowest BCUT2D eigenvalue weighted by atomic mass is 10.1. The van der Waals surface area contributed by atoms with Gasteiger partial charge in [0.15, 0.2) is 0 Å². The Morgan fingerprint density at radius 3 is 2.16 bits per heavy atom. The smallest absolute Gasteiger partial charge is 0.321 e. The molecule has 5 nitrogen and oxygen atoms in total. The SMILES string of the molecule is Cc1cc(C)cc(NC(=O)CC(C(=O)O)N(C)C)c1. The fourth-order valence-corrected chi connectivity index (χ4v) is 1.93. The number of carboxylic acid groups (broad SMARTS) is 1. The van der Waals surface area contributed by atoms with E-state index in [1.807, 2.05) is 32.0 Å². The van der Waals surface area contributed by atoms with Gasteiger partial charge < -0.3 is 10.4 Å². The number of carbonyl (C=O) groups excluding carboxylic acids is 1. The van der Waals surface area contributed by atoms with Crippen molar-refractivity contribution in [3.05, 3.63) is 29.3 Å². The van der Waals surface area contributed by atoms with Crippen LogP contribution in [0.3, 0.4) is 0 Å². The number of nitrogens with one attached hydrogen (secondary N) is 1. The Morgan fingerprint density at radius 2 is 1.74 bits per heavy atom. The lowest BCUT2D eigenvalue weighted by molar-refractivity contribution is -0.144. The molecule has 0 saturated heterocycles. The second-order valence-corrected chi connectivity index (χ2v) is 4.95. The zero-order valence-electron chi connectivity index (χ0n) is 11.7. The quantitative estimate of drug-likeness (QED) is 0.848. The summed E-state index contributed by atoms with van der Waals surface area (Å²) in [5.74, 6) is -1.30. The van der Waals surface area contributed by atoms with Crippen LogP contribution in [0.5, 0.6) is 0 Å². The summed E-state index contributed by atoms with van der Waals surface area (Å²) >= 11 is 0. The molecule has 1 aromatic carbocycles. The highest BCUT2D eigenvalue weighted by molar-refractivity contribution is 5.94. The first-order chi connectivity index (χ1) is 8.79. The van der Waals surface area contributed by atoms with Gasteiger partial charge in [-0.3, -0.25) is 14.5 Å². The van der Waals surface area contributed by atoms with Crippen LogP contribution >= 0.6 is 0 Å². The van der Waals surface area contributed by atoms with Crippen LogP contribution < -0.4 is 5.32 Å². The normalized spacial score (nSPS) is 12.3. The van der Waals surface area contributed by atoms with E-state index in [2.05, 4.69) is 5.32 Å². The third kappa shape index (κ3) is 4.71. The van der Waals surface area contributed by atoms with Gasteiger partial charge in [-0.1, -0.05) is 6.07 Å². The minimum Gasteiger partial charge on any atom is -0.480 e. The number of carboxylic acids is 1. The summed E-state index contributed by atoms with van der Waals surface area (Å²) in [6.45, 7) is 3.89. The third-order valence-electron chi connectivity index (χ3n) is 2.79. The molecule has 104 valence electrons. The van der Waals surface area contributed by atoms with Gasteiger partial charge in [-0.25, -0.2) is 0 Å². The minimum atomic E-state index is -0.999. The number of rotatable bonds is 5. The van der Waals surface area contributed by atoms with E-state index in [0.717, 1.165) is 11.1 Å². The van der Waals surface area contributed by atoms with Crippen molar-refractivity contribution < 1.29 is 14.7 Å². The van der Waals surface area contributed by atoms with Gasteiger partial charge in [0.05, 0.1) is 6.42 Å². The third-order valence-corrected chi connectivity index (χ3v) is 2.79. The van der Waals surface area contributed by atoms with Crippen LogP contribution in [0.4, 0.5) is 5.69 Å². The van der Waals surface area contributed by atoms with Gasteiger partial charge in [-0.05, 0) is 51.2 Å². The first-order valence-electron chi connectivity index (χ1n) is 6.07.